The lowest BCUT2D eigenvalue weighted by Crippen LogP contribution is -2.56. The van der Waals surface area contributed by atoms with Crippen molar-refractivity contribution in [2.45, 2.75) is 52.3 Å². The van der Waals surface area contributed by atoms with E-state index in [9.17, 15) is 30.8 Å². The number of anilines is 1. The summed E-state index contributed by atoms with van der Waals surface area (Å²) in [4.78, 5) is 17.9. The first-order valence-electron chi connectivity index (χ1n) is 10.7. The van der Waals surface area contributed by atoms with E-state index in [-0.39, 0.29) is 48.3 Å². The lowest BCUT2D eigenvalue weighted by molar-refractivity contribution is -0.138. The molecule has 2 heterocycles. The van der Waals surface area contributed by atoms with Crippen LogP contribution in [0, 0.1) is 22.6 Å². The summed E-state index contributed by atoms with van der Waals surface area (Å²) >= 11 is 0. The molecule has 1 saturated heterocycles. The molecule has 178 valence electrons. The molecule has 6 nitrogen and oxygen atoms in total. The Morgan fingerprint density at radius 1 is 1.25 bits per heavy atom. The maximum Gasteiger partial charge on any atom is 0.417 e. The number of sulfonamides is 1. The topological polar surface area (TPSA) is 70.6 Å². The molecule has 0 amide bonds. The first kappa shape index (κ1) is 23.4. The molecular formula is C21H27F4N3O3S. The highest BCUT2D eigenvalue weighted by atomic mass is 32.2. The van der Waals surface area contributed by atoms with Gasteiger partial charge in [0.25, 0.3) is 0 Å². The van der Waals surface area contributed by atoms with Crippen LogP contribution in [0.15, 0.2) is 12.3 Å². The molecule has 0 radical (unpaired) electrons. The Labute approximate surface area is 185 Å². The second kappa shape index (κ2) is 7.38. The van der Waals surface area contributed by atoms with Gasteiger partial charge >= 0.3 is 6.18 Å². The molecular weight excluding hydrogens is 450 g/mol. The van der Waals surface area contributed by atoms with Crippen LogP contribution in [0.4, 0.5) is 23.4 Å². The van der Waals surface area contributed by atoms with Gasteiger partial charge in [-0.2, -0.15) is 17.5 Å². The fourth-order valence-corrected chi connectivity index (χ4v) is 8.08. The molecule has 3 fully saturated rings. The number of rotatable bonds is 4. The number of fused-ring (bicyclic) bond motifs is 2. The van der Waals surface area contributed by atoms with Crippen LogP contribution in [0.1, 0.15) is 45.6 Å². The van der Waals surface area contributed by atoms with Crippen LogP contribution in [0.3, 0.4) is 0 Å². The number of carbonyl (C=O) groups excluding carboxylic acids is 1. The molecule has 0 spiro atoms. The molecule has 0 N–H and O–H groups in total. The number of halogens is 4. The number of ketones is 1. The van der Waals surface area contributed by atoms with E-state index in [1.165, 1.54) is 9.21 Å². The van der Waals surface area contributed by atoms with E-state index in [1.54, 1.807) is 6.92 Å². The molecule has 3 atom stereocenters. The van der Waals surface area contributed by atoms with Gasteiger partial charge in [-0.05, 0) is 37.2 Å². The van der Waals surface area contributed by atoms with Gasteiger partial charge in [0.05, 0.1) is 11.3 Å². The normalized spacial score (nSPS) is 30.8. The van der Waals surface area contributed by atoms with Crippen molar-refractivity contribution in [3.05, 3.63) is 23.6 Å². The maximum absolute atomic E-state index is 14.4. The monoisotopic (exact) mass is 477 g/mol. The summed E-state index contributed by atoms with van der Waals surface area (Å²) in [6.07, 6.45) is -2.28. The molecule has 1 aliphatic heterocycles. The van der Waals surface area contributed by atoms with Crippen molar-refractivity contribution in [1.29, 1.82) is 0 Å². The zero-order valence-corrected chi connectivity index (χ0v) is 19.1. The molecule has 1 aromatic heterocycles. The first-order chi connectivity index (χ1) is 14.7. The lowest BCUT2D eigenvalue weighted by Gasteiger charge is -2.42. The highest BCUT2D eigenvalue weighted by Crippen LogP contribution is 2.64. The summed E-state index contributed by atoms with van der Waals surface area (Å²) in [5.74, 6) is -1.34. The average Bonchev–Trinajstić information content (AvgIpc) is 3.01. The highest BCUT2D eigenvalue weighted by Gasteiger charge is 2.65. The third-order valence-electron chi connectivity index (χ3n) is 7.97. The largest absolute Gasteiger partial charge is 0.417 e. The van der Waals surface area contributed by atoms with Crippen molar-refractivity contribution in [2.75, 3.05) is 30.3 Å². The van der Waals surface area contributed by atoms with Crippen LogP contribution in [0.2, 0.25) is 0 Å². The summed E-state index contributed by atoms with van der Waals surface area (Å²) in [6, 6.07) is -0.0971. The molecule has 2 aliphatic carbocycles. The van der Waals surface area contributed by atoms with Crippen molar-refractivity contribution in [1.82, 2.24) is 9.29 Å². The van der Waals surface area contributed by atoms with Gasteiger partial charge in [0.1, 0.15) is 5.78 Å². The van der Waals surface area contributed by atoms with Gasteiger partial charge in [-0.15, -0.1) is 0 Å². The zero-order valence-electron chi connectivity index (χ0n) is 18.2. The molecule has 0 aromatic carbocycles. The number of pyridine rings is 1. The van der Waals surface area contributed by atoms with Gasteiger partial charge in [-0.25, -0.2) is 17.8 Å². The number of alkyl halides is 3. The molecule has 0 unspecified atom stereocenters. The molecule has 2 bridgehead atoms. The van der Waals surface area contributed by atoms with E-state index in [0.29, 0.717) is 25.1 Å². The van der Waals surface area contributed by atoms with Gasteiger partial charge in [-0.3, -0.25) is 4.79 Å². The molecule has 32 heavy (non-hydrogen) atoms. The summed E-state index contributed by atoms with van der Waals surface area (Å²) in [7, 11) is -3.77. The summed E-state index contributed by atoms with van der Waals surface area (Å²) < 4.78 is 80.7. The predicted octanol–water partition coefficient (Wildman–Crippen LogP) is 3.48. The first-order valence-corrected chi connectivity index (χ1v) is 12.3. The molecule has 4 rings (SSSR count). The van der Waals surface area contributed by atoms with Crippen molar-refractivity contribution < 1.29 is 30.8 Å². The Bertz CT molecular complexity index is 1040. The van der Waals surface area contributed by atoms with Gasteiger partial charge < -0.3 is 4.90 Å². The van der Waals surface area contributed by atoms with Crippen LogP contribution >= 0.6 is 0 Å². The Morgan fingerprint density at radius 3 is 2.44 bits per heavy atom. The zero-order chi connectivity index (χ0) is 23.7. The van der Waals surface area contributed by atoms with Crippen LogP contribution in [0.5, 0.6) is 0 Å². The number of carbonyl (C=O) groups is 1. The van der Waals surface area contributed by atoms with E-state index in [2.05, 4.69) is 4.98 Å². The summed E-state index contributed by atoms with van der Waals surface area (Å²) in [5.41, 5.74) is -2.43. The maximum atomic E-state index is 14.4. The fraction of sp³-hybridized carbons (Fsp3) is 0.714. The van der Waals surface area contributed by atoms with Crippen molar-refractivity contribution >= 4 is 21.6 Å². The van der Waals surface area contributed by atoms with E-state index in [1.807, 2.05) is 13.8 Å². The SMILES string of the molecule is C[C@@H]1CN(S(=O)(=O)C[C@@]23CC[C@H](CC2=O)C3(C)C)CCN1c1ncc(C(F)(F)F)cc1F. The molecule has 3 aliphatic rings. The van der Waals surface area contributed by atoms with Crippen LogP contribution in [-0.2, 0) is 21.0 Å². The van der Waals surface area contributed by atoms with Gasteiger partial charge in [0.15, 0.2) is 11.6 Å². The smallest absolute Gasteiger partial charge is 0.349 e. The Morgan fingerprint density at radius 2 is 1.94 bits per heavy atom. The van der Waals surface area contributed by atoms with Crippen LogP contribution in [0.25, 0.3) is 0 Å². The Balaban J connectivity index is 1.51. The van der Waals surface area contributed by atoms with E-state index in [0.717, 1.165) is 6.42 Å². The second-order valence-electron chi connectivity index (χ2n) is 9.85. The third-order valence-corrected chi connectivity index (χ3v) is 9.95. The third kappa shape index (κ3) is 3.52. The Kier molecular flexibility index (Phi) is 5.40. The van der Waals surface area contributed by atoms with E-state index < -0.39 is 39.0 Å². The molecule has 2 saturated carbocycles. The minimum Gasteiger partial charge on any atom is -0.349 e. The highest BCUT2D eigenvalue weighted by molar-refractivity contribution is 7.89. The van der Waals surface area contributed by atoms with Crippen LogP contribution < -0.4 is 4.90 Å². The second-order valence-corrected chi connectivity index (χ2v) is 11.8. The number of hydrogen-bond acceptors (Lipinski definition) is 5. The average molecular weight is 478 g/mol. The lowest BCUT2D eigenvalue weighted by atomic mass is 9.70. The van der Waals surface area contributed by atoms with Gasteiger partial charge in [0, 0.05) is 43.7 Å². The van der Waals surface area contributed by atoms with Crippen molar-refractivity contribution in [2.24, 2.45) is 16.7 Å². The van der Waals surface area contributed by atoms with E-state index >= 15 is 0 Å². The van der Waals surface area contributed by atoms with Crippen molar-refractivity contribution in [3.8, 4) is 0 Å². The summed E-state index contributed by atoms with van der Waals surface area (Å²) in [5, 5.41) is 0. The fourth-order valence-electron chi connectivity index (χ4n) is 5.80. The predicted molar refractivity (Wildman–Crippen MR) is 110 cm³/mol. The quantitative estimate of drug-likeness (QED) is 0.621. The molecule has 1 aromatic rings. The minimum absolute atomic E-state index is 0.0186. The van der Waals surface area contributed by atoms with Gasteiger partial charge in [0.2, 0.25) is 10.0 Å². The van der Waals surface area contributed by atoms with Gasteiger partial charge in [-0.1, -0.05) is 13.8 Å². The number of hydrogen-bond donors (Lipinski definition) is 0. The summed E-state index contributed by atoms with van der Waals surface area (Å²) in [6.45, 7) is 5.80. The standard InChI is InChI=1S/C21H27F4N3O3S/c1-13-11-27(6-7-28(13)18-16(22)8-15(10-26-18)21(23,24)25)32(30,31)12-20-5-4-14(9-17(20)29)19(20,2)3/h8,10,13-14H,4-7,9,11-12H2,1-3H3/t13-,14-,20+/m1/s1. The number of piperazine rings is 1. The number of nitrogens with zero attached hydrogens (tertiary/aromatic N) is 3. The van der Waals surface area contributed by atoms with E-state index in [4.69, 9.17) is 0 Å². The number of Topliss-reactive ketones (excluding diaryl/α,β-unsaturated/α-hetero) is 1. The molecule has 11 heteroatoms. The van der Waals surface area contributed by atoms with Crippen molar-refractivity contribution in [3.63, 3.8) is 0 Å². The number of aromatic nitrogens is 1. The Hall–Kier alpha value is -1.75. The minimum atomic E-state index is -4.70. The van der Waals surface area contributed by atoms with Crippen LogP contribution in [-0.4, -0.2) is 54.9 Å².